The van der Waals surface area contributed by atoms with Crippen LogP contribution in [0.5, 0.6) is 0 Å². The van der Waals surface area contributed by atoms with Gasteiger partial charge in [-0.05, 0) is 12.1 Å². The van der Waals surface area contributed by atoms with Crippen LogP contribution < -0.4 is 0 Å². The Morgan fingerprint density at radius 3 is 2.53 bits per heavy atom. The van der Waals surface area contributed by atoms with Gasteiger partial charge in [0.1, 0.15) is 6.54 Å². The van der Waals surface area contributed by atoms with Crippen LogP contribution in [0.4, 0.5) is 11.4 Å². The third-order valence-electron chi connectivity index (χ3n) is 1.74. The van der Waals surface area contributed by atoms with E-state index in [0.29, 0.717) is 5.69 Å². The molecule has 0 aliphatic heterocycles. The summed E-state index contributed by atoms with van der Waals surface area (Å²) < 4.78 is 0. The van der Waals surface area contributed by atoms with Crippen LogP contribution in [0.2, 0.25) is 0 Å². The number of nitro groups is 1. The number of hydrogen-bond acceptors (Lipinski definition) is 5. The summed E-state index contributed by atoms with van der Waals surface area (Å²) in [5, 5.41) is 27.3. The third kappa shape index (κ3) is 4.24. The molecular weight excluding hydrogens is 228 g/mol. The number of nitrogens with zero attached hydrogens (tertiary/aromatic N) is 4. The summed E-state index contributed by atoms with van der Waals surface area (Å²) in [5.74, 6) is -1.02. The number of aliphatic carboxylic acids is 1. The van der Waals surface area contributed by atoms with E-state index in [9.17, 15) is 14.9 Å². The van der Waals surface area contributed by atoms with Crippen LogP contribution in [0.15, 0.2) is 34.6 Å². The Kier molecular flexibility index (Phi) is 4.09. The van der Waals surface area contributed by atoms with Crippen molar-refractivity contribution >= 4 is 17.3 Å². The van der Waals surface area contributed by atoms with Gasteiger partial charge < -0.3 is 5.11 Å². The van der Waals surface area contributed by atoms with Crippen LogP contribution in [0.3, 0.4) is 0 Å². The van der Waals surface area contributed by atoms with E-state index in [1.165, 1.54) is 31.3 Å². The van der Waals surface area contributed by atoms with Gasteiger partial charge in [0.25, 0.3) is 5.69 Å². The highest BCUT2D eigenvalue weighted by atomic mass is 16.6. The molecule has 0 saturated carbocycles. The molecule has 1 rings (SSSR count). The lowest BCUT2D eigenvalue weighted by Gasteiger charge is -2.06. The first-order valence-electron chi connectivity index (χ1n) is 4.58. The van der Waals surface area contributed by atoms with E-state index in [1.54, 1.807) is 0 Å². The summed E-state index contributed by atoms with van der Waals surface area (Å²) >= 11 is 0. The van der Waals surface area contributed by atoms with Gasteiger partial charge in [0.2, 0.25) is 0 Å². The molecule has 17 heavy (non-hydrogen) atoms. The minimum absolute atomic E-state index is 0.0390. The lowest BCUT2D eigenvalue weighted by molar-refractivity contribution is -0.384. The fourth-order valence-electron chi connectivity index (χ4n) is 0.996. The number of benzene rings is 1. The van der Waals surface area contributed by atoms with Crippen LogP contribution in [0, 0.1) is 10.1 Å². The van der Waals surface area contributed by atoms with E-state index in [1.807, 2.05) is 0 Å². The number of carbonyl (C=O) groups is 1. The molecule has 0 unspecified atom stereocenters. The Bertz CT molecular complexity index is 443. The molecule has 0 bridgehead atoms. The summed E-state index contributed by atoms with van der Waals surface area (Å²) in [6.07, 6.45) is 0. The summed E-state index contributed by atoms with van der Waals surface area (Å²) in [7, 11) is 1.46. The lowest BCUT2D eigenvalue weighted by atomic mass is 10.3. The van der Waals surface area contributed by atoms with Crippen molar-refractivity contribution in [2.24, 2.45) is 10.3 Å². The number of carboxylic acids is 1. The maximum atomic E-state index is 10.4. The van der Waals surface area contributed by atoms with E-state index in [-0.39, 0.29) is 12.2 Å². The molecule has 0 fully saturated rings. The molecule has 0 radical (unpaired) electrons. The standard InChI is InChI=1S/C9H10N4O4/c1-12(6-9(14)15)11-10-7-2-4-8(5-3-7)13(16)17/h2-5H,6H2,1H3,(H,14,15)/b11-10+. The van der Waals surface area contributed by atoms with Crippen molar-refractivity contribution in [1.82, 2.24) is 5.01 Å². The van der Waals surface area contributed by atoms with Crippen LogP contribution in [0.1, 0.15) is 0 Å². The molecule has 1 aromatic rings. The Balaban J connectivity index is 2.65. The monoisotopic (exact) mass is 238 g/mol. The second-order valence-electron chi connectivity index (χ2n) is 3.17. The minimum Gasteiger partial charge on any atom is -0.480 e. The predicted molar refractivity (Wildman–Crippen MR) is 57.9 cm³/mol. The first-order chi connectivity index (χ1) is 7.99. The average molecular weight is 238 g/mol. The minimum atomic E-state index is -1.02. The quantitative estimate of drug-likeness (QED) is 0.476. The van der Waals surface area contributed by atoms with Gasteiger partial charge in [-0.15, -0.1) is 5.11 Å². The molecule has 1 aromatic carbocycles. The molecule has 8 heteroatoms. The highest BCUT2D eigenvalue weighted by Crippen LogP contribution is 2.18. The number of non-ortho nitro benzene ring substituents is 1. The van der Waals surface area contributed by atoms with Gasteiger partial charge in [0, 0.05) is 19.2 Å². The van der Waals surface area contributed by atoms with E-state index in [0.717, 1.165) is 5.01 Å². The average Bonchev–Trinajstić information content (AvgIpc) is 2.26. The summed E-state index contributed by atoms with van der Waals surface area (Å²) in [6.45, 7) is -0.267. The van der Waals surface area contributed by atoms with Crippen molar-refractivity contribution in [3.63, 3.8) is 0 Å². The summed E-state index contributed by atoms with van der Waals surface area (Å²) in [6, 6.07) is 5.45. The molecule has 0 aliphatic rings. The van der Waals surface area contributed by atoms with Crippen LogP contribution in [-0.4, -0.2) is 34.6 Å². The van der Waals surface area contributed by atoms with Gasteiger partial charge in [-0.2, -0.15) is 0 Å². The van der Waals surface area contributed by atoms with Gasteiger partial charge in [-0.25, -0.2) is 0 Å². The molecule has 0 amide bonds. The maximum absolute atomic E-state index is 10.4. The van der Waals surface area contributed by atoms with E-state index >= 15 is 0 Å². The highest BCUT2D eigenvalue weighted by Gasteiger charge is 2.04. The zero-order chi connectivity index (χ0) is 12.8. The second kappa shape index (κ2) is 5.54. The Labute approximate surface area is 96.3 Å². The van der Waals surface area contributed by atoms with Crippen molar-refractivity contribution < 1.29 is 14.8 Å². The van der Waals surface area contributed by atoms with E-state index < -0.39 is 10.9 Å². The SMILES string of the molecule is CN(CC(=O)O)/N=N/c1ccc([N+](=O)[O-])cc1. The smallest absolute Gasteiger partial charge is 0.324 e. The second-order valence-corrected chi connectivity index (χ2v) is 3.17. The highest BCUT2D eigenvalue weighted by molar-refractivity contribution is 5.68. The van der Waals surface area contributed by atoms with Gasteiger partial charge in [0.15, 0.2) is 0 Å². The Hall–Kier alpha value is -2.51. The first-order valence-corrected chi connectivity index (χ1v) is 4.58. The molecule has 90 valence electrons. The fourth-order valence-corrected chi connectivity index (χ4v) is 0.996. The third-order valence-corrected chi connectivity index (χ3v) is 1.74. The summed E-state index contributed by atoms with van der Waals surface area (Å²) in [4.78, 5) is 20.2. The van der Waals surface area contributed by atoms with Crippen LogP contribution in [0.25, 0.3) is 0 Å². The maximum Gasteiger partial charge on any atom is 0.324 e. The largest absolute Gasteiger partial charge is 0.480 e. The number of likely N-dealkylation sites (N-methyl/N-ethyl adjacent to an activating group) is 1. The van der Waals surface area contributed by atoms with Crippen molar-refractivity contribution in [3.05, 3.63) is 34.4 Å². The molecule has 0 atom stereocenters. The molecular formula is C9H10N4O4. The van der Waals surface area contributed by atoms with Crippen molar-refractivity contribution in [1.29, 1.82) is 0 Å². The van der Waals surface area contributed by atoms with E-state index in [2.05, 4.69) is 10.3 Å². The number of hydrogen-bond donors (Lipinski definition) is 1. The topological polar surface area (TPSA) is 108 Å². The van der Waals surface area contributed by atoms with Gasteiger partial charge in [-0.1, -0.05) is 5.22 Å². The summed E-state index contributed by atoms with van der Waals surface area (Å²) in [5.41, 5.74) is 0.371. The van der Waals surface area contributed by atoms with Crippen molar-refractivity contribution in [2.45, 2.75) is 0 Å². The zero-order valence-corrected chi connectivity index (χ0v) is 8.98. The molecule has 1 N–H and O–H groups in total. The number of nitro benzene ring substituents is 1. The lowest BCUT2D eigenvalue weighted by Crippen LogP contribution is -2.19. The Morgan fingerprint density at radius 1 is 1.47 bits per heavy atom. The van der Waals surface area contributed by atoms with Gasteiger partial charge in [-0.3, -0.25) is 19.9 Å². The molecule has 0 spiro atoms. The molecule has 0 aliphatic carbocycles. The molecule has 0 aromatic heterocycles. The number of rotatable bonds is 5. The molecule has 0 heterocycles. The van der Waals surface area contributed by atoms with E-state index in [4.69, 9.17) is 5.11 Å². The predicted octanol–water partition coefficient (Wildman–Crippen LogP) is 1.61. The fraction of sp³-hybridized carbons (Fsp3) is 0.222. The number of carboxylic acid groups (broad SMARTS) is 1. The van der Waals surface area contributed by atoms with Crippen molar-refractivity contribution in [2.75, 3.05) is 13.6 Å². The van der Waals surface area contributed by atoms with Crippen LogP contribution >= 0.6 is 0 Å². The first kappa shape index (κ1) is 12.6. The molecule has 0 saturated heterocycles. The zero-order valence-electron chi connectivity index (χ0n) is 8.98. The molecule has 8 nitrogen and oxygen atoms in total. The van der Waals surface area contributed by atoms with Gasteiger partial charge in [0.05, 0.1) is 10.6 Å². The Morgan fingerprint density at radius 2 is 2.06 bits per heavy atom. The van der Waals surface area contributed by atoms with Gasteiger partial charge >= 0.3 is 5.97 Å². The normalized spacial score (nSPS) is 10.4. The van der Waals surface area contributed by atoms with Crippen LogP contribution in [-0.2, 0) is 4.79 Å². The van der Waals surface area contributed by atoms with Crippen molar-refractivity contribution in [3.8, 4) is 0 Å².